The number of carbonyl (C=O) groups excluding carboxylic acids is 1. The predicted molar refractivity (Wildman–Crippen MR) is 113 cm³/mol. The number of fused-ring (bicyclic) bond motifs is 1. The summed E-state index contributed by atoms with van der Waals surface area (Å²) in [5.74, 6) is 1.58. The second-order valence-electron chi connectivity index (χ2n) is 7.68. The maximum Gasteiger partial charge on any atom is 0.275 e. The largest absolute Gasteiger partial charge is 0.497 e. The van der Waals surface area contributed by atoms with E-state index < -0.39 is 0 Å². The van der Waals surface area contributed by atoms with Gasteiger partial charge in [-0.2, -0.15) is 5.10 Å². The van der Waals surface area contributed by atoms with Crippen LogP contribution in [0.25, 0.3) is 10.9 Å². The summed E-state index contributed by atoms with van der Waals surface area (Å²) in [5.41, 5.74) is 3.88. The lowest BCUT2D eigenvalue weighted by atomic mass is 9.89. The molecule has 0 spiro atoms. The van der Waals surface area contributed by atoms with E-state index in [-0.39, 0.29) is 11.8 Å². The molecule has 1 aliphatic rings. The number of nitrogens with one attached hydrogen (secondary N) is 2. The fraction of sp³-hybridized carbons (Fsp3) is 0.429. The number of aromatic amines is 2. The first-order valence-corrected chi connectivity index (χ1v) is 10.5. The van der Waals surface area contributed by atoms with Crippen molar-refractivity contribution in [3.8, 4) is 5.75 Å². The number of likely N-dealkylation sites (tertiary alicyclic amines) is 1. The highest BCUT2D eigenvalue weighted by molar-refractivity contribution is 9.10. The Labute approximate surface area is 172 Å². The molecule has 148 valence electrons. The number of halogens is 1. The van der Waals surface area contributed by atoms with Crippen LogP contribution >= 0.6 is 15.9 Å². The summed E-state index contributed by atoms with van der Waals surface area (Å²) in [5, 5.41) is 8.46. The first-order chi connectivity index (χ1) is 13.5. The molecule has 3 heterocycles. The van der Waals surface area contributed by atoms with Crippen molar-refractivity contribution in [2.75, 3.05) is 20.2 Å². The summed E-state index contributed by atoms with van der Waals surface area (Å²) in [7, 11) is 1.69. The summed E-state index contributed by atoms with van der Waals surface area (Å²) in [6.45, 7) is 5.62. The molecule has 0 radical (unpaired) electrons. The zero-order chi connectivity index (χ0) is 19.8. The van der Waals surface area contributed by atoms with Crippen LogP contribution in [0.4, 0.5) is 0 Å². The van der Waals surface area contributed by atoms with Crippen molar-refractivity contribution in [2.24, 2.45) is 0 Å². The lowest BCUT2D eigenvalue weighted by Gasteiger charge is -2.31. The van der Waals surface area contributed by atoms with Crippen LogP contribution in [-0.4, -0.2) is 46.2 Å². The van der Waals surface area contributed by atoms with Crippen LogP contribution in [0.2, 0.25) is 0 Å². The Morgan fingerprint density at radius 3 is 2.71 bits per heavy atom. The quantitative estimate of drug-likeness (QED) is 0.606. The van der Waals surface area contributed by atoms with Gasteiger partial charge in [-0.15, -0.1) is 0 Å². The highest BCUT2D eigenvalue weighted by atomic mass is 79.9. The molecule has 7 heteroatoms. The van der Waals surface area contributed by atoms with E-state index in [2.05, 4.69) is 63.3 Å². The number of hydrogen-bond donors (Lipinski definition) is 2. The zero-order valence-electron chi connectivity index (χ0n) is 16.4. The van der Waals surface area contributed by atoms with Crippen molar-refractivity contribution in [1.29, 1.82) is 0 Å². The number of rotatable bonds is 4. The van der Waals surface area contributed by atoms with Crippen LogP contribution in [0.5, 0.6) is 5.75 Å². The van der Waals surface area contributed by atoms with Gasteiger partial charge in [0, 0.05) is 30.2 Å². The number of amides is 1. The molecule has 2 aromatic heterocycles. The summed E-state index contributed by atoms with van der Waals surface area (Å²) in [6, 6.07) is 6.11. The van der Waals surface area contributed by atoms with Crippen molar-refractivity contribution >= 4 is 32.7 Å². The monoisotopic (exact) mass is 444 g/mol. The molecule has 1 aliphatic heterocycles. The second-order valence-corrected chi connectivity index (χ2v) is 8.47. The first kappa shape index (κ1) is 19.1. The number of methoxy groups -OCH3 is 1. The average molecular weight is 445 g/mol. The van der Waals surface area contributed by atoms with E-state index in [1.165, 1.54) is 10.9 Å². The SMILES string of the molecule is COc1ccc2[nH]cc(C3CCN(C(=O)c4n[nH]c(C(C)C)c4Br)CC3)c2c1. The fourth-order valence-electron chi connectivity index (χ4n) is 4.00. The topological polar surface area (TPSA) is 74.0 Å². The van der Waals surface area contributed by atoms with Gasteiger partial charge in [-0.1, -0.05) is 13.8 Å². The molecule has 0 saturated carbocycles. The highest BCUT2D eigenvalue weighted by Gasteiger charge is 2.29. The minimum atomic E-state index is -0.00549. The lowest BCUT2D eigenvalue weighted by molar-refractivity contribution is 0.0706. The van der Waals surface area contributed by atoms with Crippen molar-refractivity contribution in [1.82, 2.24) is 20.1 Å². The summed E-state index contributed by atoms with van der Waals surface area (Å²) in [6.07, 6.45) is 3.98. The maximum atomic E-state index is 12.9. The Balaban J connectivity index is 1.48. The third kappa shape index (κ3) is 3.32. The number of nitrogens with zero attached hydrogens (tertiary/aromatic N) is 2. The second kappa shape index (κ2) is 7.62. The normalized spacial score (nSPS) is 15.5. The van der Waals surface area contributed by atoms with Gasteiger partial charge in [0.15, 0.2) is 5.69 Å². The lowest BCUT2D eigenvalue weighted by Crippen LogP contribution is -2.38. The molecule has 0 bridgehead atoms. The third-order valence-corrected chi connectivity index (χ3v) is 6.46. The maximum absolute atomic E-state index is 12.9. The molecule has 1 aromatic carbocycles. The van der Waals surface area contributed by atoms with Gasteiger partial charge in [0.2, 0.25) is 0 Å². The van der Waals surface area contributed by atoms with E-state index in [1.807, 2.05) is 11.0 Å². The van der Waals surface area contributed by atoms with Crippen LogP contribution in [0.3, 0.4) is 0 Å². The molecule has 0 unspecified atom stereocenters. The fourth-order valence-corrected chi connectivity index (χ4v) is 4.80. The number of carbonyl (C=O) groups is 1. The van der Waals surface area contributed by atoms with E-state index in [9.17, 15) is 4.79 Å². The highest BCUT2D eigenvalue weighted by Crippen LogP contribution is 2.35. The summed E-state index contributed by atoms with van der Waals surface area (Å²) >= 11 is 3.55. The summed E-state index contributed by atoms with van der Waals surface area (Å²) < 4.78 is 6.17. The van der Waals surface area contributed by atoms with Gasteiger partial charge in [-0.25, -0.2) is 0 Å². The Hall–Kier alpha value is -2.28. The van der Waals surface area contributed by atoms with Crippen LogP contribution in [0.1, 0.15) is 60.3 Å². The Kier molecular flexibility index (Phi) is 5.19. The molecule has 4 rings (SSSR count). The van der Waals surface area contributed by atoms with Crippen molar-refractivity contribution in [2.45, 2.75) is 38.5 Å². The Bertz CT molecular complexity index is 999. The van der Waals surface area contributed by atoms with Gasteiger partial charge in [0.1, 0.15) is 5.75 Å². The van der Waals surface area contributed by atoms with Crippen molar-refractivity contribution in [3.05, 3.63) is 45.8 Å². The number of ether oxygens (including phenoxy) is 1. The summed E-state index contributed by atoms with van der Waals surface area (Å²) in [4.78, 5) is 18.2. The number of H-pyrrole nitrogens is 2. The molecular formula is C21H25BrN4O2. The van der Waals surface area contributed by atoms with Crippen molar-refractivity contribution < 1.29 is 9.53 Å². The Morgan fingerprint density at radius 1 is 1.32 bits per heavy atom. The van der Waals surface area contributed by atoms with Gasteiger partial charge < -0.3 is 14.6 Å². The van der Waals surface area contributed by atoms with Gasteiger partial charge in [0.25, 0.3) is 5.91 Å². The molecule has 2 N–H and O–H groups in total. The van der Waals surface area contributed by atoms with Gasteiger partial charge >= 0.3 is 0 Å². The van der Waals surface area contributed by atoms with Gasteiger partial charge in [-0.3, -0.25) is 9.89 Å². The van der Waals surface area contributed by atoms with Gasteiger partial charge in [-0.05, 0) is 64.4 Å². The molecule has 1 fully saturated rings. The molecular weight excluding hydrogens is 420 g/mol. The molecule has 0 atom stereocenters. The van der Waals surface area contributed by atoms with E-state index in [0.29, 0.717) is 11.6 Å². The molecule has 1 saturated heterocycles. The average Bonchev–Trinajstić information content (AvgIpc) is 3.30. The van der Waals surface area contributed by atoms with E-state index >= 15 is 0 Å². The number of aromatic nitrogens is 3. The molecule has 0 aliphatic carbocycles. The molecule has 6 nitrogen and oxygen atoms in total. The minimum absolute atomic E-state index is 0.00549. The first-order valence-electron chi connectivity index (χ1n) is 9.67. The van der Waals surface area contributed by atoms with Crippen LogP contribution < -0.4 is 4.74 Å². The standard InChI is InChI=1S/C21H25BrN4O2/c1-12(2)19-18(22)20(25-24-19)21(27)26-8-6-13(7-9-26)16-11-23-17-5-4-14(28-3)10-15(16)17/h4-5,10-13,23H,6-9H2,1-3H3,(H,24,25). The number of benzene rings is 1. The van der Waals surface area contributed by atoms with E-state index in [4.69, 9.17) is 4.74 Å². The van der Waals surface area contributed by atoms with E-state index in [1.54, 1.807) is 7.11 Å². The molecule has 28 heavy (non-hydrogen) atoms. The molecule has 3 aromatic rings. The molecule has 1 amide bonds. The van der Waals surface area contributed by atoms with Crippen LogP contribution in [0, 0.1) is 0 Å². The number of piperidine rings is 1. The number of hydrogen-bond acceptors (Lipinski definition) is 3. The van der Waals surface area contributed by atoms with Gasteiger partial charge in [0.05, 0.1) is 17.3 Å². The van der Waals surface area contributed by atoms with E-state index in [0.717, 1.165) is 47.4 Å². The van der Waals surface area contributed by atoms with Crippen LogP contribution in [0.15, 0.2) is 28.9 Å². The minimum Gasteiger partial charge on any atom is -0.497 e. The Morgan fingerprint density at radius 2 is 2.07 bits per heavy atom. The van der Waals surface area contributed by atoms with Crippen LogP contribution in [-0.2, 0) is 0 Å². The third-order valence-electron chi connectivity index (χ3n) is 5.66. The smallest absolute Gasteiger partial charge is 0.275 e. The van der Waals surface area contributed by atoms with Crippen molar-refractivity contribution in [3.63, 3.8) is 0 Å². The predicted octanol–water partition coefficient (Wildman–Crippen LogP) is 4.81. The zero-order valence-corrected chi connectivity index (χ0v) is 18.0.